The number of fused-ring (bicyclic) bond motifs is 2. The molecule has 0 spiro atoms. The molecular weight excluding hydrogens is 504 g/mol. The molecule has 1 aliphatic carbocycles. The fourth-order valence-electron chi connectivity index (χ4n) is 4.58. The van der Waals surface area contributed by atoms with Crippen molar-refractivity contribution in [2.75, 3.05) is 13.2 Å². The van der Waals surface area contributed by atoms with E-state index in [0.717, 1.165) is 0 Å². The maximum absolute atomic E-state index is 13.4. The standard InChI is InChI=1S/C29H22N2O8/c1-3-38-28(36)23-24(30-31(16-9-6-5-7-10-16)25(23)29(37)39-4-2)15-13-18-22(20(33)14-15)27(35)21-17(26(18)34)11-8-12-19(21)32/h5-14,32-33H,3-4H2,1-2H3. The monoisotopic (exact) mass is 526 g/mol. The molecule has 0 atom stereocenters. The van der Waals surface area contributed by atoms with Gasteiger partial charge in [0.15, 0.2) is 11.5 Å². The number of ether oxygens (including phenoxy) is 2. The Balaban J connectivity index is 1.79. The smallest absolute Gasteiger partial charge is 0.357 e. The summed E-state index contributed by atoms with van der Waals surface area (Å²) >= 11 is 0. The highest BCUT2D eigenvalue weighted by atomic mass is 16.5. The highest BCUT2D eigenvalue weighted by Crippen LogP contribution is 2.40. The molecule has 1 heterocycles. The maximum Gasteiger partial charge on any atom is 0.357 e. The van der Waals surface area contributed by atoms with Gasteiger partial charge in [-0.05, 0) is 44.2 Å². The summed E-state index contributed by atoms with van der Waals surface area (Å²) in [7, 11) is 0. The Labute approximate surface area is 222 Å². The van der Waals surface area contributed by atoms with Crippen LogP contribution >= 0.6 is 0 Å². The van der Waals surface area contributed by atoms with Crippen molar-refractivity contribution in [3.8, 4) is 28.4 Å². The number of aromatic nitrogens is 2. The van der Waals surface area contributed by atoms with Crippen molar-refractivity contribution in [1.29, 1.82) is 0 Å². The molecule has 0 saturated heterocycles. The van der Waals surface area contributed by atoms with Gasteiger partial charge in [0, 0.05) is 16.7 Å². The summed E-state index contributed by atoms with van der Waals surface area (Å²) in [6.45, 7) is 3.25. The molecule has 10 nitrogen and oxygen atoms in total. The predicted molar refractivity (Wildman–Crippen MR) is 138 cm³/mol. The van der Waals surface area contributed by atoms with E-state index in [9.17, 15) is 29.4 Å². The third kappa shape index (κ3) is 4.11. The van der Waals surface area contributed by atoms with E-state index in [-0.39, 0.29) is 63.7 Å². The fourth-order valence-corrected chi connectivity index (χ4v) is 4.58. The molecule has 0 radical (unpaired) electrons. The van der Waals surface area contributed by atoms with Crippen LogP contribution in [0.2, 0.25) is 0 Å². The predicted octanol–water partition coefficient (Wildman–Crippen LogP) is 4.08. The fraction of sp³-hybridized carbons (Fsp3) is 0.138. The minimum absolute atomic E-state index is 0.000240. The SMILES string of the molecule is CCOC(=O)c1c(-c2cc(O)c3c(c2)C(=O)c2cccc(O)c2C3=O)nn(-c2ccccc2)c1C(=O)OCC. The van der Waals surface area contributed by atoms with Crippen LogP contribution < -0.4 is 0 Å². The summed E-state index contributed by atoms with van der Waals surface area (Å²) in [5.74, 6) is -3.98. The summed E-state index contributed by atoms with van der Waals surface area (Å²) in [6, 6.07) is 15.1. The lowest BCUT2D eigenvalue weighted by molar-refractivity contribution is 0.0473. The first-order chi connectivity index (χ1) is 18.8. The minimum Gasteiger partial charge on any atom is -0.507 e. The quantitative estimate of drug-likeness (QED) is 0.313. The number of carbonyl (C=O) groups excluding carboxylic acids is 4. The Morgan fingerprint density at radius 1 is 0.795 bits per heavy atom. The summed E-state index contributed by atoms with van der Waals surface area (Å²) < 4.78 is 11.7. The van der Waals surface area contributed by atoms with Crippen molar-refractivity contribution >= 4 is 23.5 Å². The number of hydrogen-bond acceptors (Lipinski definition) is 9. The second-order valence-electron chi connectivity index (χ2n) is 8.54. The van der Waals surface area contributed by atoms with Crippen molar-refractivity contribution in [2.24, 2.45) is 0 Å². The first kappa shape index (κ1) is 25.4. The van der Waals surface area contributed by atoms with Gasteiger partial charge in [-0.3, -0.25) is 9.59 Å². The average Bonchev–Trinajstić information content (AvgIpc) is 3.33. The van der Waals surface area contributed by atoms with Gasteiger partial charge in [0.2, 0.25) is 5.78 Å². The van der Waals surface area contributed by atoms with Crippen LogP contribution in [0, 0.1) is 0 Å². The molecule has 10 heteroatoms. The van der Waals surface area contributed by atoms with E-state index in [1.54, 1.807) is 44.2 Å². The van der Waals surface area contributed by atoms with Gasteiger partial charge in [0.25, 0.3) is 0 Å². The number of ketones is 2. The average molecular weight is 527 g/mol. The Hall–Kier alpha value is -5.25. The Kier molecular flexibility index (Phi) is 6.45. The van der Waals surface area contributed by atoms with E-state index in [1.807, 2.05) is 0 Å². The second-order valence-corrected chi connectivity index (χ2v) is 8.54. The van der Waals surface area contributed by atoms with Gasteiger partial charge >= 0.3 is 11.9 Å². The molecule has 2 N–H and O–H groups in total. The van der Waals surface area contributed by atoms with Gasteiger partial charge in [-0.25, -0.2) is 14.3 Å². The zero-order chi connectivity index (χ0) is 27.8. The Morgan fingerprint density at radius 3 is 2.15 bits per heavy atom. The number of rotatable bonds is 6. The van der Waals surface area contributed by atoms with E-state index in [2.05, 4.69) is 5.10 Å². The third-order valence-corrected chi connectivity index (χ3v) is 6.21. The molecule has 0 bridgehead atoms. The van der Waals surface area contributed by atoms with Crippen LogP contribution in [-0.2, 0) is 9.47 Å². The van der Waals surface area contributed by atoms with Crippen LogP contribution in [0.3, 0.4) is 0 Å². The lowest BCUT2D eigenvalue weighted by Gasteiger charge is -2.20. The summed E-state index contributed by atoms with van der Waals surface area (Å²) in [5.41, 5.74) is -0.647. The number of para-hydroxylation sites is 1. The molecule has 0 amide bonds. The summed E-state index contributed by atoms with van der Waals surface area (Å²) in [4.78, 5) is 52.9. The molecule has 1 aromatic heterocycles. The number of esters is 2. The molecule has 5 rings (SSSR count). The van der Waals surface area contributed by atoms with Crippen LogP contribution in [0.25, 0.3) is 16.9 Å². The Bertz CT molecular complexity index is 1670. The van der Waals surface area contributed by atoms with Crippen LogP contribution in [0.1, 0.15) is 66.5 Å². The van der Waals surface area contributed by atoms with Crippen molar-refractivity contribution in [3.63, 3.8) is 0 Å². The molecule has 0 saturated carbocycles. The number of benzene rings is 3. The molecule has 4 aromatic rings. The van der Waals surface area contributed by atoms with E-state index >= 15 is 0 Å². The highest BCUT2D eigenvalue weighted by molar-refractivity contribution is 6.30. The van der Waals surface area contributed by atoms with Crippen molar-refractivity contribution in [1.82, 2.24) is 9.78 Å². The van der Waals surface area contributed by atoms with Crippen molar-refractivity contribution in [2.45, 2.75) is 13.8 Å². The summed E-state index contributed by atoms with van der Waals surface area (Å²) in [5, 5.41) is 25.7. The van der Waals surface area contributed by atoms with E-state index in [4.69, 9.17) is 9.47 Å². The molecule has 39 heavy (non-hydrogen) atoms. The van der Waals surface area contributed by atoms with Gasteiger partial charge in [-0.2, -0.15) is 5.10 Å². The highest BCUT2D eigenvalue weighted by Gasteiger charge is 2.37. The second kappa shape index (κ2) is 9.90. The Morgan fingerprint density at radius 2 is 1.46 bits per heavy atom. The van der Waals surface area contributed by atoms with Gasteiger partial charge in [0.05, 0.1) is 30.0 Å². The zero-order valence-corrected chi connectivity index (χ0v) is 20.9. The first-order valence-corrected chi connectivity index (χ1v) is 12.1. The van der Waals surface area contributed by atoms with Crippen LogP contribution in [0.5, 0.6) is 11.5 Å². The number of carbonyl (C=O) groups is 4. The van der Waals surface area contributed by atoms with Crippen LogP contribution in [0.4, 0.5) is 0 Å². The van der Waals surface area contributed by atoms with E-state index in [0.29, 0.717) is 5.69 Å². The number of phenols is 2. The molecule has 1 aliphatic rings. The van der Waals surface area contributed by atoms with Gasteiger partial charge in [-0.15, -0.1) is 0 Å². The molecular formula is C29H22N2O8. The van der Waals surface area contributed by atoms with Gasteiger partial charge < -0.3 is 19.7 Å². The number of hydrogen-bond donors (Lipinski definition) is 2. The molecule has 0 fully saturated rings. The maximum atomic E-state index is 13.4. The number of nitrogens with zero attached hydrogens (tertiary/aromatic N) is 2. The van der Waals surface area contributed by atoms with Gasteiger partial charge in [-0.1, -0.05) is 30.3 Å². The molecule has 196 valence electrons. The first-order valence-electron chi connectivity index (χ1n) is 12.1. The van der Waals surface area contributed by atoms with Crippen LogP contribution in [-0.4, -0.2) is 56.7 Å². The molecule has 0 aliphatic heterocycles. The lowest BCUT2D eigenvalue weighted by Crippen LogP contribution is -2.21. The van der Waals surface area contributed by atoms with E-state index in [1.165, 1.54) is 35.0 Å². The van der Waals surface area contributed by atoms with Crippen molar-refractivity contribution in [3.05, 3.63) is 94.2 Å². The van der Waals surface area contributed by atoms with Gasteiger partial charge in [0.1, 0.15) is 22.8 Å². The van der Waals surface area contributed by atoms with Crippen molar-refractivity contribution < 1.29 is 38.9 Å². The largest absolute Gasteiger partial charge is 0.507 e. The van der Waals surface area contributed by atoms with Crippen LogP contribution in [0.15, 0.2) is 60.7 Å². The zero-order valence-electron chi connectivity index (χ0n) is 20.9. The summed E-state index contributed by atoms with van der Waals surface area (Å²) in [6.07, 6.45) is 0. The van der Waals surface area contributed by atoms with E-state index < -0.39 is 29.3 Å². The lowest BCUT2D eigenvalue weighted by atomic mass is 9.82. The topological polar surface area (TPSA) is 145 Å². The third-order valence-electron chi connectivity index (χ3n) is 6.21. The molecule has 3 aromatic carbocycles. The number of aromatic hydroxyl groups is 2. The molecule has 0 unspecified atom stereocenters. The minimum atomic E-state index is -0.868. The normalized spacial score (nSPS) is 12.1. The number of phenolic OH excluding ortho intramolecular Hbond substituents is 2.